The average molecular weight is 90.8 g/mol. The molecule has 0 N–H and O–H groups in total. The fourth-order valence-electron chi connectivity index (χ4n) is 0.901. The molecule has 1 fully saturated rings. The molecule has 2 heteroatoms. The van der Waals surface area contributed by atoms with Crippen LogP contribution in [-0.2, 0) is 0 Å². The normalized spacial score (nSPS) is 25.1. The molecule has 0 atom stereocenters. The van der Waals surface area contributed by atoms with E-state index in [1.807, 2.05) is 6.80 Å². The first-order valence-electron chi connectivity index (χ1n) is 2.83. The second-order valence-corrected chi connectivity index (χ2v) is 2.67. The van der Waals surface area contributed by atoms with Crippen molar-refractivity contribution < 1.29 is 0 Å². The SMILES string of the molecule is [B]=BC1(C)CCC1. The predicted molar refractivity (Wildman–Crippen MR) is 33.7 cm³/mol. The minimum atomic E-state index is 0.417. The molecule has 1 aliphatic rings. The molecule has 0 nitrogen and oxygen atoms in total. The Hall–Kier alpha value is 0.130. The van der Waals surface area contributed by atoms with Gasteiger partial charge in [0.2, 0.25) is 0 Å². The maximum atomic E-state index is 5.34. The molecule has 1 aliphatic carbocycles. The number of hydrogen-bond acceptors (Lipinski definition) is 0. The van der Waals surface area contributed by atoms with E-state index in [1.54, 1.807) is 0 Å². The Morgan fingerprint density at radius 1 is 1.57 bits per heavy atom. The van der Waals surface area contributed by atoms with E-state index in [0.717, 1.165) is 0 Å². The second-order valence-electron chi connectivity index (χ2n) is 2.67. The van der Waals surface area contributed by atoms with Crippen LogP contribution in [0.15, 0.2) is 0 Å². The molecular weight excluding hydrogens is 81.7 g/mol. The van der Waals surface area contributed by atoms with E-state index in [4.69, 9.17) is 7.37 Å². The van der Waals surface area contributed by atoms with Crippen molar-refractivity contribution in [3.8, 4) is 0 Å². The quantitative estimate of drug-likeness (QED) is 0.424. The van der Waals surface area contributed by atoms with Gasteiger partial charge in [-0.15, -0.1) is 0 Å². The molecule has 1 radical (unpaired) electrons. The van der Waals surface area contributed by atoms with Crippen molar-refractivity contribution in [2.75, 3.05) is 0 Å². The Labute approximate surface area is 46.6 Å². The van der Waals surface area contributed by atoms with Crippen LogP contribution in [0.5, 0.6) is 0 Å². The van der Waals surface area contributed by atoms with Crippen molar-refractivity contribution in [1.29, 1.82) is 0 Å². The summed E-state index contributed by atoms with van der Waals surface area (Å²) in [5.41, 5.74) is 0. The molecule has 0 aromatic heterocycles. The summed E-state index contributed by atoms with van der Waals surface area (Å²) in [6.07, 6.45) is 3.96. The summed E-state index contributed by atoms with van der Waals surface area (Å²) in [7, 11) is 5.34. The predicted octanol–water partition coefficient (Wildman–Crippen LogP) is 1.14. The zero-order chi connectivity index (χ0) is 5.33. The molecular formula is C5H9B2. The number of rotatable bonds is 1. The molecule has 0 amide bonds. The molecule has 0 bridgehead atoms. The molecule has 0 spiro atoms. The van der Waals surface area contributed by atoms with Crippen molar-refractivity contribution in [2.24, 2.45) is 0 Å². The van der Waals surface area contributed by atoms with Gasteiger partial charge in [-0.3, -0.25) is 0 Å². The zero-order valence-electron chi connectivity index (χ0n) is 4.78. The topological polar surface area (TPSA) is 0 Å². The van der Waals surface area contributed by atoms with Crippen molar-refractivity contribution in [3.05, 3.63) is 0 Å². The van der Waals surface area contributed by atoms with Crippen LogP contribution in [-0.4, -0.2) is 14.2 Å². The first-order chi connectivity index (χ1) is 3.27. The minimum absolute atomic E-state index is 0.417. The van der Waals surface area contributed by atoms with Gasteiger partial charge in [0.05, 0.1) is 0 Å². The Bertz CT molecular complexity index is 84.1. The van der Waals surface area contributed by atoms with Crippen LogP contribution in [0.25, 0.3) is 0 Å². The van der Waals surface area contributed by atoms with Crippen LogP contribution in [0.2, 0.25) is 5.31 Å². The van der Waals surface area contributed by atoms with E-state index >= 15 is 0 Å². The second kappa shape index (κ2) is 1.57. The van der Waals surface area contributed by atoms with E-state index < -0.39 is 0 Å². The van der Waals surface area contributed by atoms with Crippen LogP contribution < -0.4 is 0 Å². The summed E-state index contributed by atoms with van der Waals surface area (Å²) in [5, 5.41) is 0.417. The third-order valence-corrected chi connectivity index (χ3v) is 1.90. The monoisotopic (exact) mass is 91.1 g/mol. The van der Waals surface area contributed by atoms with Crippen LogP contribution >= 0.6 is 0 Å². The molecule has 1 saturated carbocycles. The van der Waals surface area contributed by atoms with E-state index in [-0.39, 0.29) is 0 Å². The third kappa shape index (κ3) is 0.844. The van der Waals surface area contributed by atoms with Gasteiger partial charge in [0.1, 0.15) is 0 Å². The van der Waals surface area contributed by atoms with Crippen molar-refractivity contribution in [1.82, 2.24) is 0 Å². The Balaban J connectivity index is 2.43. The van der Waals surface area contributed by atoms with Crippen LogP contribution in [0, 0.1) is 0 Å². The summed E-state index contributed by atoms with van der Waals surface area (Å²) < 4.78 is 0. The Morgan fingerprint density at radius 3 is 2.14 bits per heavy atom. The summed E-state index contributed by atoms with van der Waals surface area (Å²) in [6.45, 7) is 4.03. The summed E-state index contributed by atoms with van der Waals surface area (Å²) in [6, 6.07) is 0. The average Bonchev–Trinajstić information content (AvgIpc) is 1.61. The van der Waals surface area contributed by atoms with Crippen molar-refractivity contribution >= 4 is 14.2 Å². The molecule has 35 valence electrons. The van der Waals surface area contributed by atoms with E-state index in [9.17, 15) is 0 Å². The van der Waals surface area contributed by atoms with Gasteiger partial charge in [0.25, 0.3) is 0 Å². The van der Waals surface area contributed by atoms with Crippen LogP contribution in [0.3, 0.4) is 0 Å². The van der Waals surface area contributed by atoms with Gasteiger partial charge in [-0.1, -0.05) is 0 Å². The molecule has 0 aliphatic heterocycles. The Kier molecular flexibility index (Phi) is 1.18. The third-order valence-electron chi connectivity index (χ3n) is 1.90. The standard InChI is InChI=1S/C5H9B2/c1-5(7-6)3-2-4-5/h2-4H2,1H3. The first-order valence-corrected chi connectivity index (χ1v) is 2.83. The van der Waals surface area contributed by atoms with Crippen molar-refractivity contribution in [3.63, 3.8) is 0 Å². The summed E-state index contributed by atoms with van der Waals surface area (Å²) >= 11 is 0. The molecule has 0 heterocycles. The fraction of sp³-hybridized carbons (Fsp3) is 1.00. The van der Waals surface area contributed by atoms with Gasteiger partial charge in [0, 0.05) is 0 Å². The van der Waals surface area contributed by atoms with Crippen molar-refractivity contribution in [2.45, 2.75) is 31.5 Å². The molecule has 0 saturated heterocycles. The number of hydrogen-bond donors (Lipinski definition) is 0. The van der Waals surface area contributed by atoms with Crippen LogP contribution in [0.4, 0.5) is 0 Å². The molecule has 1 rings (SSSR count). The Morgan fingerprint density at radius 2 is 2.14 bits per heavy atom. The molecule has 0 unspecified atom stereocenters. The zero-order valence-corrected chi connectivity index (χ0v) is 4.78. The first kappa shape index (κ1) is 5.27. The molecule has 0 aromatic rings. The van der Waals surface area contributed by atoms with Gasteiger partial charge < -0.3 is 0 Å². The van der Waals surface area contributed by atoms with Gasteiger partial charge in [-0.2, -0.15) is 0 Å². The van der Waals surface area contributed by atoms with Gasteiger partial charge in [-0.05, 0) is 0 Å². The summed E-state index contributed by atoms with van der Waals surface area (Å²) in [5.74, 6) is 0. The van der Waals surface area contributed by atoms with E-state index in [1.165, 1.54) is 19.3 Å². The fourth-order valence-corrected chi connectivity index (χ4v) is 0.901. The maximum absolute atomic E-state index is 5.34. The van der Waals surface area contributed by atoms with E-state index in [0.29, 0.717) is 5.31 Å². The molecule has 7 heavy (non-hydrogen) atoms. The van der Waals surface area contributed by atoms with Gasteiger partial charge in [0.15, 0.2) is 0 Å². The van der Waals surface area contributed by atoms with E-state index in [2.05, 4.69) is 6.92 Å². The van der Waals surface area contributed by atoms with Crippen LogP contribution in [0.1, 0.15) is 26.2 Å². The van der Waals surface area contributed by atoms with Gasteiger partial charge >= 0.3 is 45.7 Å². The molecule has 0 aromatic carbocycles. The summed E-state index contributed by atoms with van der Waals surface area (Å²) in [4.78, 5) is 0. The van der Waals surface area contributed by atoms with Gasteiger partial charge in [-0.25, -0.2) is 0 Å².